The number of ether oxygens (including phenoxy) is 1. The van der Waals surface area contributed by atoms with E-state index < -0.39 is 43.2 Å². The quantitative estimate of drug-likeness (QED) is 0.307. The Morgan fingerprint density at radius 3 is 2.47 bits per heavy atom. The molecule has 0 radical (unpaired) electrons. The lowest BCUT2D eigenvalue weighted by Gasteiger charge is -2.40. The van der Waals surface area contributed by atoms with Crippen LogP contribution in [0.2, 0.25) is 0 Å². The van der Waals surface area contributed by atoms with Gasteiger partial charge in [-0.2, -0.15) is 12.6 Å². The van der Waals surface area contributed by atoms with E-state index in [2.05, 4.69) is 17.9 Å². The Kier molecular flexibility index (Phi) is 5.63. The average Bonchev–Trinajstić information content (AvgIpc) is 2.29. The Morgan fingerprint density at radius 2 is 1.94 bits per heavy atom. The third-order valence-electron chi connectivity index (χ3n) is 2.57. The lowest BCUT2D eigenvalue weighted by atomic mass is 9.97. The molecule has 5 N–H and O–H groups in total. The average molecular weight is 267 g/mol. The molecule has 1 rings (SSSR count). The molecule has 1 fully saturated rings. The van der Waals surface area contributed by atoms with Crippen LogP contribution in [0.25, 0.3) is 0 Å². The zero-order valence-electron chi connectivity index (χ0n) is 9.06. The number of carbonyl (C=O) groups is 1. The molecular formula is C9H17NO6S. The second-order valence-corrected chi connectivity index (χ2v) is 4.24. The van der Waals surface area contributed by atoms with Crippen molar-refractivity contribution in [2.75, 3.05) is 12.4 Å². The molecule has 1 aliphatic heterocycles. The summed E-state index contributed by atoms with van der Waals surface area (Å²) < 4.78 is 4.87. The monoisotopic (exact) mass is 267 g/mol. The maximum atomic E-state index is 11.3. The van der Waals surface area contributed by atoms with Crippen molar-refractivity contribution in [1.29, 1.82) is 0 Å². The number of nitrogens with one attached hydrogen (secondary N) is 1. The van der Waals surface area contributed by atoms with Gasteiger partial charge >= 0.3 is 0 Å². The van der Waals surface area contributed by atoms with Crippen LogP contribution in [0.4, 0.5) is 0 Å². The molecule has 1 heterocycles. The van der Waals surface area contributed by atoms with Gasteiger partial charge in [0.1, 0.15) is 24.4 Å². The minimum absolute atomic E-state index is 0.124. The molecule has 1 saturated heterocycles. The molecule has 1 aliphatic rings. The van der Waals surface area contributed by atoms with E-state index in [9.17, 15) is 20.1 Å². The summed E-state index contributed by atoms with van der Waals surface area (Å²) in [5.74, 6) is -0.0886. The summed E-state index contributed by atoms with van der Waals surface area (Å²) in [4.78, 5) is 11.3. The van der Waals surface area contributed by atoms with Gasteiger partial charge in [-0.05, 0) is 5.75 Å². The van der Waals surface area contributed by atoms with Crippen molar-refractivity contribution in [3.8, 4) is 0 Å². The number of hydrogen-bond acceptors (Lipinski definition) is 7. The fourth-order valence-electron chi connectivity index (χ4n) is 1.61. The molecule has 17 heavy (non-hydrogen) atoms. The number of aliphatic hydroxyl groups excluding tert-OH is 4. The lowest BCUT2D eigenvalue weighted by Crippen LogP contribution is -2.64. The minimum atomic E-state index is -1.48. The van der Waals surface area contributed by atoms with E-state index in [1.165, 1.54) is 0 Å². The lowest BCUT2D eigenvalue weighted by molar-refractivity contribution is -0.253. The Labute approximate surface area is 104 Å². The summed E-state index contributed by atoms with van der Waals surface area (Å²) in [6.45, 7) is -0.535. The predicted molar refractivity (Wildman–Crippen MR) is 60.4 cm³/mol. The minimum Gasteiger partial charge on any atom is -0.394 e. The van der Waals surface area contributed by atoms with E-state index >= 15 is 0 Å². The molecule has 0 aromatic heterocycles. The van der Waals surface area contributed by atoms with E-state index in [0.717, 1.165) is 0 Å². The number of amides is 1. The van der Waals surface area contributed by atoms with Gasteiger partial charge in [-0.3, -0.25) is 4.79 Å². The van der Waals surface area contributed by atoms with E-state index in [4.69, 9.17) is 9.84 Å². The zero-order valence-corrected chi connectivity index (χ0v) is 9.96. The normalized spacial score (nSPS) is 37.8. The molecule has 0 saturated carbocycles. The van der Waals surface area contributed by atoms with Crippen LogP contribution in [0.1, 0.15) is 6.42 Å². The van der Waals surface area contributed by atoms with Gasteiger partial charge in [0.2, 0.25) is 5.91 Å². The highest BCUT2D eigenvalue weighted by atomic mass is 32.1. The van der Waals surface area contributed by atoms with E-state index in [-0.39, 0.29) is 6.42 Å². The SMILES string of the molecule is O=C(CCS)NC1C(O)OC(CO)[C@H](O)[C@@H]1O. The molecule has 1 amide bonds. The molecule has 5 atom stereocenters. The van der Waals surface area contributed by atoms with Gasteiger partial charge in [0.25, 0.3) is 0 Å². The van der Waals surface area contributed by atoms with Gasteiger partial charge in [0.15, 0.2) is 6.29 Å². The number of carbonyl (C=O) groups excluding carboxylic acids is 1. The first-order chi connectivity index (χ1) is 8.01. The van der Waals surface area contributed by atoms with Crippen LogP contribution in [0.3, 0.4) is 0 Å². The summed E-state index contributed by atoms with van der Waals surface area (Å²) in [7, 11) is 0. The Morgan fingerprint density at radius 1 is 1.29 bits per heavy atom. The molecule has 100 valence electrons. The number of rotatable bonds is 4. The topological polar surface area (TPSA) is 119 Å². The summed E-state index contributed by atoms with van der Waals surface area (Å²) >= 11 is 3.87. The molecule has 3 unspecified atom stereocenters. The van der Waals surface area contributed by atoms with Crippen molar-refractivity contribution in [3.05, 3.63) is 0 Å². The second-order valence-electron chi connectivity index (χ2n) is 3.80. The van der Waals surface area contributed by atoms with Crippen LogP contribution in [-0.2, 0) is 9.53 Å². The highest BCUT2D eigenvalue weighted by Gasteiger charge is 2.44. The van der Waals surface area contributed by atoms with Crippen molar-refractivity contribution in [2.45, 2.75) is 37.1 Å². The van der Waals surface area contributed by atoms with Crippen LogP contribution < -0.4 is 5.32 Å². The smallest absolute Gasteiger partial charge is 0.221 e. The second kappa shape index (κ2) is 6.53. The maximum absolute atomic E-state index is 11.3. The molecule has 0 aromatic carbocycles. The predicted octanol–water partition coefficient (Wildman–Crippen LogP) is -2.78. The van der Waals surface area contributed by atoms with Crippen molar-refractivity contribution in [1.82, 2.24) is 5.32 Å². The standard InChI is InChI=1S/C9H17NO6S/c11-3-4-7(13)8(14)6(9(15)16-4)10-5(12)1-2-17/h4,6-9,11,13-15,17H,1-3H2,(H,10,12)/t4?,6?,7-,8+,9?/m0/s1. The summed E-state index contributed by atoms with van der Waals surface area (Å²) in [6.07, 6.45) is -5.20. The molecule has 0 bridgehead atoms. The van der Waals surface area contributed by atoms with Gasteiger partial charge in [-0.25, -0.2) is 0 Å². The fourth-order valence-corrected chi connectivity index (χ4v) is 1.82. The highest BCUT2D eigenvalue weighted by molar-refractivity contribution is 7.80. The third-order valence-corrected chi connectivity index (χ3v) is 2.79. The first kappa shape index (κ1) is 14.7. The number of aliphatic hydroxyl groups is 4. The summed E-state index contributed by atoms with van der Waals surface area (Å²) in [5.41, 5.74) is 0. The third kappa shape index (κ3) is 3.54. The molecule has 0 aliphatic carbocycles. The molecular weight excluding hydrogens is 250 g/mol. The Bertz CT molecular complexity index is 266. The Balaban J connectivity index is 2.63. The van der Waals surface area contributed by atoms with Crippen molar-refractivity contribution >= 4 is 18.5 Å². The Hall–Kier alpha value is -0.380. The largest absolute Gasteiger partial charge is 0.394 e. The van der Waals surface area contributed by atoms with Crippen molar-refractivity contribution < 1.29 is 30.0 Å². The van der Waals surface area contributed by atoms with E-state index in [1.54, 1.807) is 0 Å². The highest BCUT2D eigenvalue weighted by Crippen LogP contribution is 2.19. The molecule has 8 heteroatoms. The van der Waals surface area contributed by atoms with Gasteiger partial charge in [-0.1, -0.05) is 0 Å². The number of thiol groups is 1. The maximum Gasteiger partial charge on any atom is 0.221 e. The summed E-state index contributed by atoms with van der Waals surface area (Å²) in [6, 6.07) is -1.12. The zero-order chi connectivity index (χ0) is 13.0. The first-order valence-corrected chi connectivity index (χ1v) is 5.85. The van der Waals surface area contributed by atoms with Crippen molar-refractivity contribution in [3.63, 3.8) is 0 Å². The van der Waals surface area contributed by atoms with Crippen LogP contribution in [0.15, 0.2) is 0 Å². The van der Waals surface area contributed by atoms with Gasteiger partial charge in [-0.15, -0.1) is 0 Å². The van der Waals surface area contributed by atoms with Gasteiger partial charge < -0.3 is 30.5 Å². The van der Waals surface area contributed by atoms with Crippen LogP contribution in [0.5, 0.6) is 0 Å². The first-order valence-electron chi connectivity index (χ1n) is 5.22. The molecule has 0 aromatic rings. The van der Waals surface area contributed by atoms with E-state index in [0.29, 0.717) is 5.75 Å². The van der Waals surface area contributed by atoms with Crippen LogP contribution >= 0.6 is 12.6 Å². The number of hydrogen-bond donors (Lipinski definition) is 6. The molecule has 7 nitrogen and oxygen atoms in total. The molecule has 0 spiro atoms. The van der Waals surface area contributed by atoms with Crippen LogP contribution in [0, 0.1) is 0 Å². The van der Waals surface area contributed by atoms with Crippen molar-refractivity contribution in [2.24, 2.45) is 0 Å². The fraction of sp³-hybridized carbons (Fsp3) is 0.889. The summed E-state index contributed by atoms with van der Waals surface area (Å²) in [5, 5.41) is 40.0. The van der Waals surface area contributed by atoms with E-state index in [1.807, 2.05) is 0 Å². The van der Waals surface area contributed by atoms with Crippen LogP contribution in [-0.4, -0.2) is 69.3 Å². The van der Waals surface area contributed by atoms with Gasteiger partial charge in [0.05, 0.1) is 6.61 Å². The van der Waals surface area contributed by atoms with Gasteiger partial charge in [0, 0.05) is 6.42 Å².